The van der Waals surface area contributed by atoms with Crippen LogP contribution in [0, 0.1) is 0 Å². The highest BCUT2D eigenvalue weighted by Crippen LogP contribution is 2.50. The van der Waals surface area contributed by atoms with Crippen LogP contribution >= 0.6 is 23.4 Å². The Labute approximate surface area is 189 Å². The van der Waals surface area contributed by atoms with E-state index in [0.717, 1.165) is 11.3 Å². The van der Waals surface area contributed by atoms with Crippen molar-refractivity contribution < 1.29 is 9.59 Å². The van der Waals surface area contributed by atoms with Gasteiger partial charge in [0.05, 0.1) is 11.1 Å². The Morgan fingerprint density at radius 1 is 1.16 bits per heavy atom. The summed E-state index contributed by atoms with van der Waals surface area (Å²) in [6, 6.07) is 12.6. The molecule has 0 bridgehead atoms. The molecule has 8 heteroatoms. The highest BCUT2D eigenvalue weighted by molar-refractivity contribution is 7.99. The predicted octanol–water partition coefficient (Wildman–Crippen LogP) is 4.05. The molecule has 0 spiro atoms. The number of fused-ring (bicyclic) bond motifs is 3. The average Bonchev–Trinajstić information content (AvgIpc) is 3.30. The Morgan fingerprint density at radius 2 is 1.97 bits per heavy atom. The second-order valence-corrected chi connectivity index (χ2v) is 8.99. The molecule has 3 aromatic rings. The van der Waals surface area contributed by atoms with E-state index < -0.39 is 5.66 Å². The first-order valence-electron chi connectivity index (χ1n) is 10.0. The van der Waals surface area contributed by atoms with E-state index in [9.17, 15) is 9.59 Å². The quantitative estimate of drug-likeness (QED) is 0.561. The molecule has 31 heavy (non-hydrogen) atoms. The topological polar surface area (TPSA) is 66.4 Å². The number of pyridine rings is 2. The summed E-state index contributed by atoms with van der Waals surface area (Å²) in [6.45, 7) is 2.86. The third kappa shape index (κ3) is 2.87. The molecule has 0 N–H and O–H groups in total. The fraction of sp³-hybridized carbons (Fsp3) is 0.217. The summed E-state index contributed by atoms with van der Waals surface area (Å²) >= 11 is 7.68. The van der Waals surface area contributed by atoms with Gasteiger partial charge in [0.25, 0.3) is 11.8 Å². The maximum Gasteiger partial charge on any atom is 0.259 e. The first kappa shape index (κ1) is 20.0. The summed E-state index contributed by atoms with van der Waals surface area (Å²) in [6.07, 6.45) is 4.99. The zero-order valence-corrected chi connectivity index (χ0v) is 18.4. The number of halogens is 1. The molecule has 2 aliphatic heterocycles. The largest absolute Gasteiger partial charge is 0.306 e. The molecule has 0 saturated carbocycles. The highest BCUT2D eigenvalue weighted by atomic mass is 35.5. The van der Waals surface area contributed by atoms with Gasteiger partial charge in [-0.1, -0.05) is 30.7 Å². The molecule has 156 valence electrons. The van der Waals surface area contributed by atoms with Gasteiger partial charge < -0.3 is 9.80 Å². The van der Waals surface area contributed by atoms with E-state index in [1.165, 1.54) is 11.8 Å². The van der Waals surface area contributed by atoms with Crippen molar-refractivity contribution in [2.45, 2.75) is 17.6 Å². The lowest BCUT2D eigenvalue weighted by Gasteiger charge is -2.40. The van der Waals surface area contributed by atoms with Gasteiger partial charge in [0, 0.05) is 47.8 Å². The predicted molar refractivity (Wildman–Crippen MR) is 119 cm³/mol. The Kier molecular flexibility index (Phi) is 4.95. The number of carbonyl (C=O) groups excluding carboxylic acids is 2. The minimum atomic E-state index is -1.06. The Balaban J connectivity index is 1.73. The van der Waals surface area contributed by atoms with Crippen molar-refractivity contribution in [1.29, 1.82) is 0 Å². The van der Waals surface area contributed by atoms with Crippen LogP contribution in [-0.2, 0) is 5.66 Å². The molecule has 6 nitrogen and oxygen atoms in total. The number of carbonyl (C=O) groups is 2. The average molecular weight is 451 g/mol. The van der Waals surface area contributed by atoms with Crippen molar-refractivity contribution in [1.82, 2.24) is 19.8 Å². The van der Waals surface area contributed by atoms with E-state index in [4.69, 9.17) is 11.6 Å². The van der Waals surface area contributed by atoms with Gasteiger partial charge >= 0.3 is 0 Å². The third-order valence-electron chi connectivity index (χ3n) is 5.78. The number of rotatable bonds is 4. The Bertz CT molecular complexity index is 1190. The van der Waals surface area contributed by atoms with Crippen LogP contribution in [0.2, 0.25) is 5.02 Å². The Hall–Kier alpha value is -2.90. The minimum Gasteiger partial charge on any atom is -0.306 e. The SMILES string of the molecule is CCSc1ncccc1C(=O)N1CCN2C(=O)c3ccncc3C21c1ccc(Cl)cc1. The van der Waals surface area contributed by atoms with E-state index in [2.05, 4.69) is 9.97 Å². The number of amides is 2. The number of nitrogens with zero attached hydrogens (tertiary/aromatic N) is 4. The number of aromatic nitrogens is 2. The van der Waals surface area contributed by atoms with Crippen molar-refractivity contribution in [2.24, 2.45) is 0 Å². The van der Waals surface area contributed by atoms with Crippen LogP contribution in [0.1, 0.15) is 38.8 Å². The molecule has 2 aromatic heterocycles. The molecule has 0 radical (unpaired) electrons. The zero-order chi connectivity index (χ0) is 21.6. The van der Waals surface area contributed by atoms with Crippen molar-refractivity contribution in [2.75, 3.05) is 18.8 Å². The molecule has 1 aromatic carbocycles. The number of hydrogen-bond acceptors (Lipinski definition) is 5. The lowest BCUT2D eigenvalue weighted by Crippen LogP contribution is -2.51. The second kappa shape index (κ2) is 7.66. The highest BCUT2D eigenvalue weighted by Gasteiger charge is 2.60. The van der Waals surface area contributed by atoms with Crippen LogP contribution in [0.5, 0.6) is 0 Å². The molecule has 2 aliphatic rings. The van der Waals surface area contributed by atoms with E-state index >= 15 is 0 Å². The monoisotopic (exact) mass is 450 g/mol. The molecule has 0 aliphatic carbocycles. The van der Waals surface area contributed by atoms with Crippen molar-refractivity contribution in [3.8, 4) is 0 Å². The molecule has 1 saturated heterocycles. The standard InChI is InChI=1S/C23H19ClN4O2S/c1-2-31-20-18(4-3-10-26-20)22(30)28-13-12-27-21(29)17-9-11-25-14-19(17)23(27,28)15-5-7-16(24)8-6-15/h3-11,14H,2,12-13H2,1H3. The zero-order valence-electron chi connectivity index (χ0n) is 16.8. The first-order chi connectivity index (χ1) is 15.1. The van der Waals surface area contributed by atoms with Crippen molar-refractivity contribution >= 4 is 35.2 Å². The summed E-state index contributed by atoms with van der Waals surface area (Å²) in [7, 11) is 0. The molecule has 1 unspecified atom stereocenters. The fourth-order valence-electron chi connectivity index (χ4n) is 4.56. The van der Waals surface area contributed by atoms with E-state index in [1.807, 2.05) is 19.1 Å². The normalized spacial score (nSPS) is 19.5. The molecular formula is C23H19ClN4O2S. The summed E-state index contributed by atoms with van der Waals surface area (Å²) in [5, 5.41) is 1.28. The van der Waals surface area contributed by atoms with Gasteiger partial charge in [-0.3, -0.25) is 14.6 Å². The third-order valence-corrected chi connectivity index (χ3v) is 6.91. The summed E-state index contributed by atoms with van der Waals surface area (Å²) in [5.41, 5.74) is 1.55. The maximum atomic E-state index is 13.9. The molecule has 1 atom stereocenters. The van der Waals surface area contributed by atoms with Gasteiger partial charge in [-0.15, -0.1) is 11.8 Å². The van der Waals surface area contributed by atoms with Crippen LogP contribution in [0.3, 0.4) is 0 Å². The van der Waals surface area contributed by atoms with Crippen LogP contribution < -0.4 is 0 Å². The lowest BCUT2D eigenvalue weighted by atomic mass is 9.90. The Morgan fingerprint density at radius 3 is 2.74 bits per heavy atom. The lowest BCUT2D eigenvalue weighted by molar-refractivity contribution is 0.0372. The van der Waals surface area contributed by atoms with Crippen molar-refractivity contribution in [3.05, 3.63) is 88.3 Å². The fourth-order valence-corrected chi connectivity index (χ4v) is 5.41. The minimum absolute atomic E-state index is 0.100. The van der Waals surface area contributed by atoms with Gasteiger partial charge in [0.2, 0.25) is 0 Å². The number of benzene rings is 1. The smallest absolute Gasteiger partial charge is 0.259 e. The molecule has 2 amide bonds. The summed E-state index contributed by atoms with van der Waals surface area (Å²) < 4.78 is 0. The number of hydrogen-bond donors (Lipinski definition) is 0. The van der Waals surface area contributed by atoms with E-state index in [1.54, 1.807) is 58.7 Å². The van der Waals surface area contributed by atoms with Gasteiger partial charge in [0.1, 0.15) is 5.03 Å². The van der Waals surface area contributed by atoms with Gasteiger partial charge in [-0.25, -0.2) is 4.98 Å². The van der Waals surface area contributed by atoms with Crippen LogP contribution in [0.25, 0.3) is 0 Å². The first-order valence-corrected chi connectivity index (χ1v) is 11.4. The molecular weight excluding hydrogens is 432 g/mol. The van der Waals surface area contributed by atoms with E-state index in [-0.39, 0.29) is 11.8 Å². The maximum absolute atomic E-state index is 13.9. The molecule has 4 heterocycles. The van der Waals surface area contributed by atoms with Gasteiger partial charge in [-0.2, -0.15) is 0 Å². The summed E-state index contributed by atoms with van der Waals surface area (Å²) in [4.78, 5) is 39.5. The molecule has 1 fully saturated rings. The van der Waals surface area contributed by atoms with Crippen LogP contribution in [-0.4, -0.2) is 50.4 Å². The van der Waals surface area contributed by atoms with E-state index in [0.29, 0.717) is 39.8 Å². The van der Waals surface area contributed by atoms with Crippen molar-refractivity contribution in [3.63, 3.8) is 0 Å². The summed E-state index contributed by atoms with van der Waals surface area (Å²) in [5.74, 6) is 0.541. The van der Waals surface area contributed by atoms with Crippen LogP contribution in [0.4, 0.5) is 0 Å². The molecule has 5 rings (SSSR count). The van der Waals surface area contributed by atoms with Gasteiger partial charge in [-0.05, 0) is 36.1 Å². The second-order valence-electron chi connectivity index (χ2n) is 7.30. The number of thioether (sulfide) groups is 1. The van der Waals surface area contributed by atoms with Crippen LogP contribution in [0.15, 0.2) is 66.1 Å². The van der Waals surface area contributed by atoms with Gasteiger partial charge in [0.15, 0.2) is 5.66 Å².